The van der Waals surface area contributed by atoms with Crippen LogP contribution in [0.25, 0.3) is 0 Å². The molecule has 0 aromatic heterocycles. The molecule has 0 amide bonds. The van der Waals surface area contributed by atoms with Crippen molar-refractivity contribution in [1.82, 2.24) is 0 Å². The van der Waals surface area contributed by atoms with Crippen molar-refractivity contribution < 1.29 is 89.5 Å². The molecule has 0 fully saturated rings. The van der Waals surface area contributed by atoms with Crippen molar-refractivity contribution >= 4 is 0 Å². The number of hydrogen-bond acceptors (Lipinski definition) is 1. The number of aliphatic hydroxyl groups is 1. The summed E-state index contributed by atoms with van der Waals surface area (Å²) in [6.07, 6.45) is 0. The molecule has 0 atom stereocenters. The van der Waals surface area contributed by atoms with Gasteiger partial charge in [0.25, 0.3) is 0 Å². The van der Waals surface area contributed by atoms with Gasteiger partial charge in [0.1, 0.15) is 0 Å². The fourth-order valence-electron chi connectivity index (χ4n) is 0. The van der Waals surface area contributed by atoms with Gasteiger partial charge in [-0.2, -0.15) is 0 Å². The van der Waals surface area contributed by atoms with E-state index in [0.717, 1.165) is 0 Å². The molecule has 0 aliphatic heterocycles. The van der Waals surface area contributed by atoms with Crippen LogP contribution in [0, 0.1) is 5.92 Å². The fourth-order valence-corrected chi connectivity index (χ4v) is 0. The summed E-state index contributed by atoms with van der Waals surface area (Å²) in [7, 11) is 0. The summed E-state index contributed by atoms with van der Waals surface area (Å²) in [5.41, 5.74) is 0. The zero-order valence-corrected chi connectivity index (χ0v) is 13.1. The van der Waals surface area contributed by atoms with Crippen LogP contribution in [0.4, 0.5) is 0 Å². The molecule has 0 aromatic carbocycles. The minimum Gasteiger partial charge on any atom is -1.00 e. The summed E-state index contributed by atoms with van der Waals surface area (Å²) < 4.78 is 0. The molecule has 1 nitrogen and oxygen atoms in total. The molecule has 0 unspecified atom stereocenters. The SMILES string of the molecule is CC(C)CO.[Cl-].[Cl-].[Cl-].[Cl-].[Cl-].[Ta+5]. The first-order chi connectivity index (χ1) is 2.27. The van der Waals surface area contributed by atoms with Crippen molar-refractivity contribution in [1.29, 1.82) is 0 Å². The summed E-state index contributed by atoms with van der Waals surface area (Å²) in [5.74, 6) is 0.440. The average Bonchev–Trinajstić information content (AvgIpc) is 1.38. The quantitative estimate of drug-likeness (QED) is 0.437. The normalized spacial score (nSPS) is 4.36. The molecule has 0 aliphatic carbocycles. The molecule has 7 heteroatoms. The zero-order chi connectivity index (χ0) is 4.28. The maximum absolute atomic E-state index is 8.14. The molecule has 0 aliphatic rings. The Hall–Kier alpha value is 2.15. The van der Waals surface area contributed by atoms with Crippen molar-refractivity contribution in [2.75, 3.05) is 6.61 Å². The summed E-state index contributed by atoms with van der Waals surface area (Å²) in [6.45, 7) is 4.25. The van der Waals surface area contributed by atoms with E-state index in [0.29, 0.717) is 12.5 Å². The van der Waals surface area contributed by atoms with Crippen LogP contribution >= 0.6 is 0 Å². The van der Waals surface area contributed by atoms with E-state index in [1.165, 1.54) is 0 Å². The Morgan fingerprint density at radius 2 is 1.00 bits per heavy atom. The van der Waals surface area contributed by atoms with Gasteiger partial charge in [0.15, 0.2) is 0 Å². The zero-order valence-electron chi connectivity index (χ0n) is 6.07. The second kappa shape index (κ2) is 39.9. The number of hydrogen-bond donors (Lipinski definition) is 1. The van der Waals surface area contributed by atoms with Gasteiger partial charge < -0.3 is 67.1 Å². The molecular weight excluding hydrogens is 422 g/mol. The molecule has 0 aromatic rings. The minimum atomic E-state index is 0. The van der Waals surface area contributed by atoms with Gasteiger partial charge in [-0.3, -0.25) is 0 Å². The minimum absolute atomic E-state index is 0. The van der Waals surface area contributed by atoms with Crippen LogP contribution in [0.2, 0.25) is 0 Å². The fraction of sp³-hybridized carbons (Fsp3) is 1.00. The molecule has 1 N–H and O–H groups in total. The van der Waals surface area contributed by atoms with Gasteiger partial charge in [0.05, 0.1) is 0 Å². The van der Waals surface area contributed by atoms with Crippen LogP contribution in [0.15, 0.2) is 0 Å². The van der Waals surface area contributed by atoms with Crippen LogP contribution in [0.5, 0.6) is 0 Å². The third kappa shape index (κ3) is 72.7. The van der Waals surface area contributed by atoms with Gasteiger partial charge in [-0.05, 0) is 5.92 Å². The molecule has 72 valence electrons. The van der Waals surface area contributed by atoms with E-state index in [9.17, 15) is 0 Å². The monoisotopic (exact) mass is 430 g/mol. The summed E-state index contributed by atoms with van der Waals surface area (Å²) in [4.78, 5) is 0. The second-order valence-corrected chi connectivity index (χ2v) is 1.58. The van der Waals surface area contributed by atoms with E-state index in [1.54, 1.807) is 0 Å². The molecule has 0 rings (SSSR count). The molecular formula is C4H10Cl5OTa. The Balaban J connectivity index is -0.00000000533. The smallest absolute Gasteiger partial charge is 1.00 e. The first-order valence-electron chi connectivity index (χ1n) is 1.88. The van der Waals surface area contributed by atoms with Crippen LogP contribution in [-0.4, -0.2) is 11.7 Å². The van der Waals surface area contributed by atoms with Gasteiger partial charge in [-0.25, -0.2) is 0 Å². The third-order valence-corrected chi connectivity index (χ3v) is 0.365. The van der Waals surface area contributed by atoms with E-state index in [-0.39, 0.29) is 84.4 Å². The first kappa shape index (κ1) is 51.3. The summed E-state index contributed by atoms with van der Waals surface area (Å²) >= 11 is 0. The van der Waals surface area contributed by atoms with E-state index in [1.807, 2.05) is 13.8 Å². The van der Waals surface area contributed by atoms with Crippen LogP contribution in [-0.2, 0) is 22.4 Å². The maximum Gasteiger partial charge on any atom is 5.00 e. The Labute approximate surface area is 115 Å². The first-order valence-corrected chi connectivity index (χ1v) is 1.88. The van der Waals surface area contributed by atoms with Crippen LogP contribution in [0.3, 0.4) is 0 Å². The van der Waals surface area contributed by atoms with Gasteiger partial charge >= 0.3 is 22.4 Å². The molecule has 0 spiro atoms. The average molecular weight is 432 g/mol. The van der Waals surface area contributed by atoms with Crippen LogP contribution in [0.1, 0.15) is 13.8 Å². The second-order valence-electron chi connectivity index (χ2n) is 1.58. The van der Waals surface area contributed by atoms with E-state index in [2.05, 4.69) is 0 Å². The Morgan fingerprint density at radius 3 is 1.00 bits per heavy atom. The van der Waals surface area contributed by atoms with E-state index < -0.39 is 0 Å². The topological polar surface area (TPSA) is 20.2 Å². The van der Waals surface area contributed by atoms with E-state index >= 15 is 0 Å². The molecule has 0 saturated carbocycles. The van der Waals surface area contributed by atoms with E-state index in [4.69, 9.17) is 5.11 Å². The Bertz CT molecular complexity index is 32.4. The number of aliphatic hydroxyl groups excluding tert-OH is 1. The molecule has 0 radical (unpaired) electrons. The van der Waals surface area contributed by atoms with Gasteiger partial charge in [-0.1, -0.05) is 13.8 Å². The van der Waals surface area contributed by atoms with Crippen molar-refractivity contribution in [2.45, 2.75) is 13.8 Å². The molecule has 11 heavy (non-hydrogen) atoms. The van der Waals surface area contributed by atoms with Gasteiger partial charge in [0.2, 0.25) is 0 Å². The molecule has 0 heterocycles. The Kier molecular flexibility index (Phi) is 186. The summed E-state index contributed by atoms with van der Waals surface area (Å²) in [5, 5.41) is 8.14. The van der Waals surface area contributed by atoms with Crippen LogP contribution < -0.4 is 62.0 Å². The van der Waals surface area contributed by atoms with Crippen molar-refractivity contribution in [3.8, 4) is 0 Å². The van der Waals surface area contributed by atoms with Crippen molar-refractivity contribution in [3.63, 3.8) is 0 Å². The van der Waals surface area contributed by atoms with Gasteiger partial charge in [0, 0.05) is 6.61 Å². The maximum atomic E-state index is 8.14. The largest absolute Gasteiger partial charge is 5.00 e. The molecule has 0 bridgehead atoms. The molecule has 0 saturated heterocycles. The Morgan fingerprint density at radius 1 is 0.909 bits per heavy atom. The number of halogens is 5. The predicted molar refractivity (Wildman–Crippen MR) is 21.9 cm³/mol. The number of rotatable bonds is 1. The van der Waals surface area contributed by atoms with Crippen molar-refractivity contribution in [3.05, 3.63) is 0 Å². The summed E-state index contributed by atoms with van der Waals surface area (Å²) in [6, 6.07) is 0. The van der Waals surface area contributed by atoms with Gasteiger partial charge in [-0.15, -0.1) is 0 Å². The predicted octanol–water partition coefficient (Wildman–Crippen LogP) is -14.3. The standard InChI is InChI=1S/C4H10O.5ClH.Ta/c1-4(2)3-5;;;;;;/h4-5H,3H2,1-2H3;5*1H;/q;;;;;;+5/p-5. The third-order valence-electron chi connectivity index (χ3n) is 0.365. The van der Waals surface area contributed by atoms with Crippen molar-refractivity contribution in [2.24, 2.45) is 5.92 Å².